The Morgan fingerprint density at radius 1 is 1.29 bits per heavy atom. The van der Waals surface area contributed by atoms with Crippen LogP contribution in [0.3, 0.4) is 0 Å². The second-order valence-electron chi connectivity index (χ2n) is 4.68. The van der Waals surface area contributed by atoms with Gasteiger partial charge in [0.15, 0.2) is 11.5 Å². The average Bonchev–Trinajstić information content (AvgIpc) is 2.90. The van der Waals surface area contributed by atoms with Crippen molar-refractivity contribution >= 4 is 11.9 Å². The van der Waals surface area contributed by atoms with Crippen LogP contribution in [0.15, 0.2) is 18.2 Å². The highest BCUT2D eigenvalue weighted by Crippen LogP contribution is 2.32. The van der Waals surface area contributed by atoms with Gasteiger partial charge in [0.1, 0.15) is 0 Å². The van der Waals surface area contributed by atoms with Crippen molar-refractivity contribution in [2.24, 2.45) is 0 Å². The van der Waals surface area contributed by atoms with E-state index in [1.165, 1.54) is 6.92 Å². The Morgan fingerprint density at radius 3 is 2.76 bits per heavy atom. The Hall–Kier alpha value is -2.24. The standard InChI is InChI=1S/C15H19NO5/c1-3-19-15(18)6-7-16(11(2)17)9-12-4-5-13-14(8-12)21-10-20-13/h4-5,8H,3,6-7,9-10H2,1-2H3. The third kappa shape index (κ3) is 4.11. The number of hydrogen-bond donors (Lipinski definition) is 0. The molecule has 0 aromatic heterocycles. The molecule has 0 radical (unpaired) electrons. The predicted molar refractivity (Wildman–Crippen MR) is 74.9 cm³/mol. The minimum absolute atomic E-state index is 0.0861. The summed E-state index contributed by atoms with van der Waals surface area (Å²) in [6, 6.07) is 5.55. The number of esters is 1. The van der Waals surface area contributed by atoms with Gasteiger partial charge in [-0.25, -0.2) is 0 Å². The van der Waals surface area contributed by atoms with Crippen LogP contribution in [0.2, 0.25) is 0 Å². The third-order valence-corrected chi connectivity index (χ3v) is 3.15. The topological polar surface area (TPSA) is 65.1 Å². The first-order valence-electron chi connectivity index (χ1n) is 6.89. The van der Waals surface area contributed by atoms with Crippen LogP contribution in [0.1, 0.15) is 25.8 Å². The number of ether oxygens (including phenoxy) is 3. The number of carbonyl (C=O) groups is 2. The largest absolute Gasteiger partial charge is 0.466 e. The van der Waals surface area contributed by atoms with E-state index in [4.69, 9.17) is 14.2 Å². The van der Waals surface area contributed by atoms with E-state index in [1.54, 1.807) is 11.8 Å². The number of carbonyl (C=O) groups excluding carboxylic acids is 2. The van der Waals surface area contributed by atoms with Gasteiger partial charge in [-0.3, -0.25) is 9.59 Å². The van der Waals surface area contributed by atoms with Crippen molar-refractivity contribution < 1.29 is 23.8 Å². The Kier molecular flexibility index (Phi) is 5.03. The van der Waals surface area contributed by atoms with Gasteiger partial charge in [0.25, 0.3) is 0 Å². The van der Waals surface area contributed by atoms with Crippen LogP contribution in [0.4, 0.5) is 0 Å². The molecule has 1 aromatic carbocycles. The van der Waals surface area contributed by atoms with Crippen molar-refractivity contribution in [2.75, 3.05) is 19.9 Å². The lowest BCUT2D eigenvalue weighted by Gasteiger charge is -2.20. The van der Waals surface area contributed by atoms with Crippen molar-refractivity contribution in [1.82, 2.24) is 4.90 Å². The van der Waals surface area contributed by atoms with E-state index in [2.05, 4.69) is 0 Å². The normalized spacial score (nSPS) is 12.1. The summed E-state index contributed by atoms with van der Waals surface area (Å²) in [5.41, 5.74) is 0.929. The van der Waals surface area contributed by atoms with Crippen molar-refractivity contribution in [3.8, 4) is 11.5 Å². The lowest BCUT2D eigenvalue weighted by atomic mass is 10.2. The van der Waals surface area contributed by atoms with Gasteiger partial charge in [0.05, 0.1) is 13.0 Å². The molecular weight excluding hydrogens is 274 g/mol. The van der Waals surface area contributed by atoms with Crippen molar-refractivity contribution in [3.63, 3.8) is 0 Å². The van der Waals surface area contributed by atoms with Crippen LogP contribution < -0.4 is 9.47 Å². The van der Waals surface area contributed by atoms with Crippen LogP contribution in [0.25, 0.3) is 0 Å². The molecule has 0 fully saturated rings. The van der Waals surface area contributed by atoms with E-state index in [0.29, 0.717) is 31.2 Å². The summed E-state index contributed by atoms with van der Waals surface area (Å²) in [6.45, 7) is 4.57. The number of rotatable bonds is 6. The van der Waals surface area contributed by atoms with Crippen LogP contribution in [-0.4, -0.2) is 36.7 Å². The highest BCUT2D eigenvalue weighted by Gasteiger charge is 2.16. The Labute approximate surface area is 123 Å². The summed E-state index contributed by atoms with van der Waals surface area (Å²) in [7, 11) is 0. The summed E-state index contributed by atoms with van der Waals surface area (Å²) in [4.78, 5) is 24.7. The molecule has 1 heterocycles. The van der Waals surface area contributed by atoms with Gasteiger partial charge in [-0.1, -0.05) is 6.07 Å². The smallest absolute Gasteiger partial charge is 0.307 e. The molecule has 0 aliphatic carbocycles. The van der Waals surface area contributed by atoms with Gasteiger partial charge in [0, 0.05) is 20.0 Å². The van der Waals surface area contributed by atoms with Crippen LogP contribution in [0, 0.1) is 0 Å². The number of nitrogens with zero attached hydrogens (tertiary/aromatic N) is 1. The minimum Gasteiger partial charge on any atom is -0.466 e. The summed E-state index contributed by atoms with van der Waals surface area (Å²) in [6.07, 6.45) is 0.192. The molecule has 0 saturated carbocycles. The van der Waals surface area contributed by atoms with E-state index in [0.717, 1.165) is 5.56 Å². The number of fused-ring (bicyclic) bond motifs is 1. The molecule has 2 rings (SSSR count). The van der Waals surface area contributed by atoms with Crippen molar-refractivity contribution in [1.29, 1.82) is 0 Å². The summed E-state index contributed by atoms with van der Waals surface area (Å²) >= 11 is 0. The van der Waals surface area contributed by atoms with Gasteiger partial charge in [-0.2, -0.15) is 0 Å². The highest BCUT2D eigenvalue weighted by atomic mass is 16.7. The maximum atomic E-state index is 11.7. The minimum atomic E-state index is -0.297. The van der Waals surface area contributed by atoms with Crippen LogP contribution in [-0.2, 0) is 20.9 Å². The second kappa shape index (κ2) is 6.97. The average molecular weight is 293 g/mol. The summed E-state index contributed by atoms with van der Waals surface area (Å²) in [5.74, 6) is 1.01. The molecule has 0 atom stereocenters. The molecule has 0 spiro atoms. The number of benzene rings is 1. The van der Waals surface area contributed by atoms with E-state index < -0.39 is 0 Å². The molecule has 1 aliphatic rings. The highest BCUT2D eigenvalue weighted by molar-refractivity contribution is 5.75. The molecule has 114 valence electrons. The Balaban J connectivity index is 1.96. The van der Waals surface area contributed by atoms with E-state index in [-0.39, 0.29) is 25.1 Å². The Bertz CT molecular complexity index is 529. The molecule has 0 saturated heterocycles. The molecular formula is C15H19NO5. The molecule has 0 N–H and O–H groups in total. The third-order valence-electron chi connectivity index (χ3n) is 3.15. The maximum absolute atomic E-state index is 11.7. The van der Waals surface area contributed by atoms with Gasteiger partial charge < -0.3 is 19.1 Å². The molecule has 6 nitrogen and oxygen atoms in total. The fraction of sp³-hybridized carbons (Fsp3) is 0.467. The summed E-state index contributed by atoms with van der Waals surface area (Å²) < 4.78 is 15.4. The molecule has 1 aliphatic heterocycles. The molecule has 0 unspecified atom stereocenters. The fourth-order valence-electron chi connectivity index (χ4n) is 2.07. The quantitative estimate of drug-likeness (QED) is 0.747. The van der Waals surface area contributed by atoms with Gasteiger partial charge >= 0.3 is 5.97 Å². The molecule has 21 heavy (non-hydrogen) atoms. The Morgan fingerprint density at radius 2 is 2.05 bits per heavy atom. The monoisotopic (exact) mass is 293 g/mol. The van der Waals surface area contributed by atoms with Gasteiger partial charge in [0.2, 0.25) is 12.7 Å². The van der Waals surface area contributed by atoms with Crippen molar-refractivity contribution in [3.05, 3.63) is 23.8 Å². The van der Waals surface area contributed by atoms with Crippen molar-refractivity contribution in [2.45, 2.75) is 26.8 Å². The fourth-order valence-corrected chi connectivity index (χ4v) is 2.07. The molecule has 6 heteroatoms. The zero-order valence-corrected chi connectivity index (χ0v) is 12.3. The number of hydrogen-bond acceptors (Lipinski definition) is 5. The van der Waals surface area contributed by atoms with Crippen LogP contribution >= 0.6 is 0 Å². The maximum Gasteiger partial charge on any atom is 0.307 e. The van der Waals surface area contributed by atoms with E-state index >= 15 is 0 Å². The molecule has 1 aromatic rings. The van der Waals surface area contributed by atoms with Crippen LogP contribution in [0.5, 0.6) is 11.5 Å². The molecule has 0 bridgehead atoms. The summed E-state index contributed by atoms with van der Waals surface area (Å²) in [5, 5.41) is 0. The molecule has 1 amide bonds. The van der Waals surface area contributed by atoms with E-state index in [1.807, 2.05) is 18.2 Å². The van der Waals surface area contributed by atoms with Gasteiger partial charge in [-0.15, -0.1) is 0 Å². The first-order chi connectivity index (χ1) is 10.1. The van der Waals surface area contributed by atoms with Gasteiger partial charge in [-0.05, 0) is 24.6 Å². The van der Waals surface area contributed by atoms with E-state index in [9.17, 15) is 9.59 Å². The predicted octanol–water partition coefficient (Wildman–Crippen LogP) is 1.72. The SMILES string of the molecule is CCOC(=O)CCN(Cc1ccc2c(c1)OCO2)C(C)=O. The second-order valence-corrected chi connectivity index (χ2v) is 4.68. The zero-order valence-electron chi connectivity index (χ0n) is 12.3. The first kappa shape index (κ1) is 15.2. The number of amides is 1. The first-order valence-corrected chi connectivity index (χ1v) is 6.89. The zero-order chi connectivity index (χ0) is 15.2. The lowest BCUT2D eigenvalue weighted by molar-refractivity contribution is -0.144. The lowest BCUT2D eigenvalue weighted by Crippen LogP contribution is -2.30.